The average molecular weight is 478 g/mol. The molecule has 0 aromatic heterocycles. The molecule has 0 aliphatic carbocycles. The second kappa shape index (κ2) is 9.62. The molecule has 162 valence electrons. The molecular formula is C28H25Cl2NS. The number of hydrogen-bond acceptors (Lipinski definition) is 2. The lowest BCUT2D eigenvalue weighted by atomic mass is 9.81. The van der Waals surface area contributed by atoms with Crippen LogP contribution in [0.2, 0.25) is 10.0 Å². The summed E-state index contributed by atoms with van der Waals surface area (Å²) in [4.78, 5) is 0.966. The molecule has 4 aromatic rings. The van der Waals surface area contributed by atoms with Crippen LogP contribution in [0.3, 0.4) is 0 Å². The zero-order chi connectivity index (χ0) is 22.7. The van der Waals surface area contributed by atoms with Gasteiger partial charge in [0.1, 0.15) is 0 Å². The van der Waals surface area contributed by atoms with Crippen LogP contribution in [0.5, 0.6) is 0 Å². The highest BCUT2D eigenvalue weighted by atomic mass is 35.5. The van der Waals surface area contributed by atoms with Crippen LogP contribution in [-0.4, -0.2) is 0 Å². The summed E-state index contributed by atoms with van der Waals surface area (Å²) in [6, 6.07) is 31.2. The van der Waals surface area contributed by atoms with Gasteiger partial charge in [-0.25, -0.2) is 0 Å². The SMILES string of the molecule is CC(C)(C)c1cc(-c2ccccc2)cc(-c2ccccc2)c1NSc1cc(Cl)cc(Cl)c1. The Bertz CT molecular complexity index is 1200. The summed E-state index contributed by atoms with van der Waals surface area (Å²) in [5.74, 6) is 0. The summed E-state index contributed by atoms with van der Waals surface area (Å²) >= 11 is 14.0. The van der Waals surface area contributed by atoms with Crippen molar-refractivity contribution in [1.82, 2.24) is 0 Å². The van der Waals surface area contributed by atoms with Gasteiger partial charge < -0.3 is 4.72 Å². The molecule has 0 saturated carbocycles. The summed E-state index contributed by atoms with van der Waals surface area (Å²) in [7, 11) is 0. The second-order valence-corrected chi connectivity index (χ2v) is 10.5. The Hall–Kier alpha value is -2.39. The van der Waals surface area contributed by atoms with Crippen LogP contribution >= 0.6 is 35.1 Å². The fraction of sp³-hybridized carbons (Fsp3) is 0.143. The first-order valence-electron chi connectivity index (χ1n) is 10.5. The maximum atomic E-state index is 6.23. The largest absolute Gasteiger partial charge is 0.325 e. The fourth-order valence-electron chi connectivity index (χ4n) is 3.68. The highest BCUT2D eigenvalue weighted by Gasteiger charge is 2.23. The van der Waals surface area contributed by atoms with Gasteiger partial charge >= 0.3 is 0 Å². The predicted octanol–water partition coefficient (Wildman–Crippen LogP) is 9.74. The van der Waals surface area contributed by atoms with Crippen molar-refractivity contribution in [2.75, 3.05) is 4.72 Å². The van der Waals surface area contributed by atoms with Crippen molar-refractivity contribution in [1.29, 1.82) is 0 Å². The lowest BCUT2D eigenvalue weighted by molar-refractivity contribution is 0.593. The van der Waals surface area contributed by atoms with E-state index in [2.05, 4.69) is 92.2 Å². The standard InChI is InChI=1S/C28H25Cl2NS/c1-28(2,3)26-15-21(19-10-6-4-7-11-19)14-25(20-12-8-5-9-13-20)27(26)31-32-24-17-22(29)16-23(30)18-24/h4-18,31H,1-3H3. The molecule has 0 fully saturated rings. The van der Waals surface area contributed by atoms with Crippen molar-refractivity contribution in [2.24, 2.45) is 0 Å². The molecule has 0 heterocycles. The van der Waals surface area contributed by atoms with Crippen molar-refractivity contribution in [3.8, 4) is 22.3 Å². The minimum absolute atomic E-state index is 0.0663. The number of nitrogens with one attached hydrogen (secondary N) is 1. The van der Waals surface area contributed by atoms with E-state index in [0.717, 1.165) is 16.1 Å². The predicted molar refractivity (Wildman–Crippen MR) is 142 cm³/mol. The molecule has 0 bridgehead atoms. The van der Waals surface area contributed by atoms with Crippen molar-refractivity contribution >= 4 is 40.8 Å². The van der Waals surface area contributed by atoms with Gasteiger partial charge in [0, 0.05) is 20.5 Å². The molecule has 0 spiro atoms. The smallest absolute Gasteiger partial charge is 0.0560 e. The quantitative estimate of drug-likeness (QED) is 0.287. The maximum Gasteiger partial charge on any atom is 0.0560 e. The van der Waals surface area contributed by atoms with E-state index < -0.39 is 0 Å². The van der Waals surface area contributed by atoms with Crippen LogP contribution in [0.4, 0.5) is 5.69 Å². The lowest BCUT2D eigenvalue weighted by Gasteiger charge is -2.27. The van der Waals surface area contributed by atoms with Gasteiger partial charge in [-0.15, -0.1) is 0 Å². The third kappa shape index (κ3) is 5.32. The zero-order valence-corrected chi connectivity index (χ0v) is 20.7. The van der Waals surface area contributed by atoms with E-state index in [1.807, 2.05) is 18.2 Å². The highest BCUT2D eigenvalue weighted by molar-refractivity contribution is 8.00. The molecule has 4 heteroatoms. The van der Waals surface area contributed by atoms with E-state index in [1.165, 1.54) is 34.2 Å². The lowest BCUT2D eigenvalue weighted by Crippen LogP contribution is -2.14. The second-order valence-electron chi connectivity index (χ2n) is 8.74. The van der Waals surface area contributed by atoms with Crippen molar-refractivity contribution < 1.29 is 0 Å². The van der Waals surface area contributed by atoms with Crippen molar-refractivity contribution in [3.05, 3.63) is 107 Å². The minimum Gasteiger partial charge on any atom is -0.325 e. The number of halogens is 2. The van der Waals surface area contributed by atoms with Gasteiger partial charge in [-0.2, -0.15) is 0 Å². The topological polar surface area (TPSA) is 12.0 Å². The van der Waals surface area contributed by atoms with Crippen molar-refractivity contribution in [2.45, 2.75) is 31.1 Å². The molecule has 0 unspecified atom stereocenters. The van der Waals surface area contributed by atoms with Gasteiger partial charge in [0.05, 0.1) is 5.69 Å². The molecule has 1 N–H and O–H groups in total. The first-order chi connectivity index (χ1) is 15.3. The molecule has 0 radical (unpaired) electrons. The van der Waals surface area contributed by atoms with Crippen LogP contribution in [0.25, 0.3) is 22.3 Å². The van der Waals surface area contributed by atoms with E-state index >= 15 is 0 Å². The maximum absolute atomic E-state index is 6.23. The third-order valence-corrected chi connectivity index (χ3v) is 6.46. The zero-order valence-electron chi connectivity index (χ0n) is 18.3. The highest BCUT2D eigenvalue weighted by Crippen LogP contribution is 2.43. The van der Waals surface area contributed by atoms with Gasteiger partial charge in [0.25, 0.3) is 0 Å². The first kappa shape index (κ1) is 22.8. The summed E-state index contributed by atoms with van der Waals surface area (Å²) < 4.78 is 3.64. The minimum atomic E-state index is -0.0663. The van der Waals surface area contributed by atoms with Crippen LogP contribution in [0, 0.1) is 0 Å². The summed E-state index contributed by atoms with van der Waals surface area (Å²) in [5, 5.41) is 1.25. The van der Waals surface area contributed by atoms with Gasteiger partial charge in [-0.05, 0) is 69.9 Å². The normalized spacial score (nSPS) is 11.4. The first-order valence-corrected chi connectivity index (χ1v) is 12.1. The average Bonchev–Trinajstić information content (AvgIpc) is 2.77. The summed E-state index contributed by atoms with van der Waals surface area (Å²) in [6.07, 6.45) is 0. The number of anilines is 1. The molecule has 0 saturated heterocycles. The Morgan fingerprint density at radius 2 is 1.22 bits per heavy atom. The molecule has 1 nitrogen and oxygen atoms in total. The van der Waals surface area contributed by atoms with Crippen LogP contribution in [0.15, 0.2) is 95.9 Å². The molecule has 0 amide bonds. The molecule has 32 heavy (non-hydrogen) atoms. The van der Waals surface area contributed by atoms with E-state index in [0.29, 0.717) is 10.0 Å². The van der Waals surface area contributed by atoms with Gasteiger partial charge in [-0.1, -0.05) is 105 Å². The van der Waals surface area contributed by atoms with Crippen LogP contribution in [-0.2, 0) is 5.41 Å². The fourth-order valence-corrected chi connectivity index (χ4v) is 5.15. The monoisotopic (exact) mass is 477 g/mol. The Morgan fingerprint density at radius 1 is 0.656 bits per heavy atom. The Morgan fingerprint density at radius 3 is 1.78 bits per heavy atom. The van der Waals surface area contributed by atoms with E-state index in [1.54, 1.807) is 6.07 Å². The molecule has 4 aromatic carbocycles. The molecule has 4 rings (SSSR count). The number of hydrogen-bond donors (Lipinski definition) is 1. The third-order valence-electron chi connectivity index (χ3n) is 5.25. The van der Waals surface area contributed by atoms with E-state index in [-0.39, 0.29) is 5.41 Å². The van der Waals surface area contributed by atoms with E-state index in [9.17, 15) is 0 Å². The Balaban J connectivity index is 1.87. The summed E-state index contributed by atoms with van der Waals surface area (Å²) in [6.45, 7) is 6.74. The number of rotatable bonds is 5. The Labute approximate surface area is 204 Å². The summed E-state index contributed by atoms with van der Waals surface area (Å²) in [5.41, 5.74) is 7.03. The van der Waals surface area contributed by atoms with Crippen LogP contribution < -0.4 is 4.72 Å². The van der Waals surface area contributed by atoms with E-state index in [4.69, 9.17) is 23.2 Å². The van der Waals surface area contributed by atoms with Crippen LogP contribution in [0.1, 0.15) is 26.3 Å². The number of benzene rings is 4. The molecule has 0 aliphatic rings. The van der Waals surface area contributed by atoms with Gasteiger partial charge in [-0.3, -0.25) is 0 Å². The Kier molecular flexibility index (Phi) is 6.85. The van der Waals surface area contributed by atoms with Gasteiger partial charge in [0.15, 0.2) is 0 Å². The molecule has 0 atom stereocenters. The van der Waals surface area contributed by atoms with Gasteiger partial charge in [0.2, 0.25) is 0 Å². The van der Waals surface area contributed by atoms with Crippen molar-refractivity contribution in [3.63, 3.8) is 0 Å². The molecule has 0 aliphatic heterocycles. The molecular weight excluding hydrogens is 453 g/mol.